The summed E-state index contributed by atoms with van der Waals surface area (Å²) in [5.74, 6) is 0.739. The molecule has 0 aliphatic carbocycles. The van der Waals surface area contributed by atoms with Crippen LogP contribution in [0.4, 0.5) is 0 Å². The molecule has 0 bridgehead atoms. The number of nitrogens with two attached hydrogens (primary N) is 1. The Labute approximate surface area is 99.4 Å². The van der Waals surface area contributed by atoms with E-state index in [2.05, 4.69) is 4.98 Å². The van der Waals surface area contributed by atoms with Crippen LogP contribution in [0.2, 0.25) is 0 Å². The molecule has 4 nitrogen and oxygen atoms in total. The summed E-state index contributed by atoms with van der Waals surface area (Å²) in [6, 6.07) is 7.57. The van der Waals surface area contributed by atoms with Gasteiger partial charge < -0.3 is 15.5 Å². The summed E-state index contributed by atoms with van der Waals surface area (Å²) < 4.78 is 5.12. The highest BCUT2D eigenvalue weighted by atomic mass is 16.5. The minimum absolute atomic E-state index is 0.0424. The molecule has 0 saturated carbocycles. The first-order chi connectivity index (χ1) is 8.24. The number of H-pyrrole nitrogens is 1. The molecule has 0 aliphatic rings. The second-order valence-electron chi connectivity index (χ2n) is 3.97. The minimum Gasteiger partial charge on any atom is -0.497 e. The third-order valence-electron chi connectivity index (χ3n) is 2.78. The predicted molar refractivity (Wildman–Crippen MR) is 68.5 cm³/mol. The van der Waals surface area contributed by atoms with Crippen molar-refractivity contribution in [3.8, 4) is 5.75 Å². The van der Waals surface area contributed by atoms with E-state index in [1.54, 1.807) is 7.11 Å². The summed E-state index contributed by atoms with van der Waals surface area (Å²) in [5.41, 5.74) is 6.99. The van der Waals surface area contributed by atoms with E-state index >= 15 is 0 Å². The predicted octanol–water partition coefficient (Wildman–Crippen LogP) is 1.43. The van der Waals surface area contributed by atoms with Gasteiger partial charge in [0.1, 0.15) is 5.75 Å². The first-order valence-corrected chi connectivity index (χ1v) is 5.64. The molecule has 1 heterocycles. The van der Waals surface area contributed by atoms with Crippen LogP contribution in [0, 0.1) is 0 Å². The van der Waals surface area contributed by atoms with Crippen LogP contribution in [0.25, 0.3) is 10.9 Å². The summed E-state index contributed by atoms with van der Waals surface area (Å²) in [6.45, 7) is 0.597. The van der Waals surface area contributed by atoms with Crippen LogP contribution < -0.4 is 16.0 Å². The van der Waals surface area contributed by atoms with E-state index in [4.69, 9.17) is 10.5 Å². The van der Waals surface area contributed by atoms with Crippen LogP contribution in [-0.4, -0.2) is 18.6 Å². The third kappa shape index (κ3) is 2.47. The zero-order valence-electron chi connectivity index (χ0n) is 9.82. The lowest BCUT2D eigenvalue weighted by molar-refractivity contribution is 0.415. The Balaban J connectivity index is 2.47. The van der Waals surface area contributed by atoms with Gasteiger partial charge >= 0.3 is 0 Å². The number of aromatic amines is 1. The number of fused-ring (bicyclic) bond motifs is 1. The first kappa shape index (κ1) is 11.7. The molecule has 90 valence electrons. The van der Waals surface area contributed by atoms with Gasteiger partial charge in [-0.2, -0.15) is 0 Å². The summed E-state index contributed by atoms with van der Waals surface area (Å²) in [4.78, 5) is 14.7. The molecule has 0 atom stereocenters. The van der Waals surface area contributed by atoms with E-state index in [1.165, 1.54) is 0 Å². The number of rotatable bonds is 4. The molecule has 1 aromatic heterocycles. The zero-order chi connectivity index (χ0) is 12.3. The molecule has 0 spiro atoms. The monoisotopic (exact) mass is 232 g/mol. The molecule has 17 heavy (non-hydrogen) atoms. The summed E-state index contributed by atoms with van der Waals surface area (Å²) in [7, 11) is 1.61. The molecule has 2 rings (SSSR count). The van der Waals surface area contributed by atoms with Gasteiger partial charge in [-0.1, -0.05) is 0 Å². The highest BCUT2D eigenvalue weighted by molar-refractivity contribution is 5.80. The summed E-state index contributed by atoms with van der Waals surface area (Å²) >= 11 is 0. The number of ether oxygens (including phenoxy) is 1. The Hall–Kier alpha value is -1.81. The van der Waals surface area contributed by atoms with Gasteiger partial charge in [-0.3, -0.25) is 4.79 Å². The van der Waals surface area contributed by atoms with Crippen molar-refractivity contribution in [2.75, 3.05) is 13.7 Å². The Morgan fingerprint density at radius 3 is 2.88 bits per heavy atom. The van der Waals surface area contributed by atoms with Crippen molar-refractivity contribution in [2.45, 2.75) is 12.8 Å². The number of hydrogen-bond acceptors (Lipinski definition) is 3. The van der Waals surface area contributed by atoms with Crippen LogP contribution in [0.1, 0.15) is 12.0 Å². The van der Waals surface area contributed by atoms with E-state index in [9.17, 15) is 4.79 Å². The third-order valence-corrected chi connectivity index (χ3v) is 2.78. The fourth-order valence-electron chi connectivity index (χ4n) is 1.83. The first-order valence-electron chi connectivity index (χ1n) is 5.64. The lowest BCUT2D eigenvalue weighted by Crippen LogP contribution is -2.13. The van der Waals surface area contributed by atoms with Crippen molar-refractivity contribution < 1.29 is 4.74 Å². The number of aromatic nitrogens is 1. The summed E-state index contributed by atoms with van der Waals surface area (Å²) in [5, 5.41) is 1.01. The Kier molecular flexibility index (Phi) is 3.44. The molecule has 2 aromatic rings. The number of pyridine rings is 1. The number of nitrogens with one attached hydrogen (secondary N) is 1. The molecule has 0 aliphatic heterocycles. The average Bonchev–Trinajstić information content (AvgIpc) is 2.35. The van der Waals surface area contributed by atoms with Crippen LogP contribution in [0.5, 0.6) is 5.75 Å². The van der Waals surface area contributed by atoms with E-state index in [0.29, 0.717) is 13.0 Å². The second-order valence-corrected chi connectivity index (χ2v) is 3.97. The smallest absolute Gasteiger partial charge is 0.251 e. The standard InChI is InChI=1S/C13H16N2O2/c1-17-11-5-4-9-7-10(3-2-6-14)13(16)15-12(9)8-11/h4-5,7-8H,2-3,6,14H2,1H3,(H,15,16). The fraction of sp³-hybridized carbons (Fsp3) is 0.308. The SMILES string of the molecule is COc1ccc2cc(CCCN)c(=O)[nH]c2c1. The van der Waals surface area contributed by atoms with E-state index in [0.717, 1.165) is 28.6 Å². The maximum atomic E-state index is 11.8. The van der Waals surface area contributed by atoms with Crippen molar-refractivity contribution in [1.82, 2.24) is 4.98 Å². The van der Waals surface area contributed by atoms with E-state index in [1.807, 2.05) is 24.3 Å². The van der Waals surface area contributed by atoms with Crippen LogP contribution >= 0.6 is 0 Å². The highest BCUT2D eigenvalue weighted by Gasteiger charge is 2.03. The van der Waals surface area contributed by atoms with Crippen molar-refractivity contribution in [3.05, 3.63) is 40.2 Å². The Morgan fingerprint density at radius 1 is 1.35 bits per heavy atom. The van der Waals surface area contributed by atoms with Crippen LogP contribution in [0.15, 0.2) is 29.1 Å². The molecule has 0 radical (unpaired) electrons. The second kappa shape index (κ2) is 5.01. The quantitative estimate of drug-likeness (QED) is 0.837. The number of hydrogen-bond donors (Lipinski definition) is 2. The van der Waals surface area contributed by atoms with Crippen LogP contribution in [-0.2, 0) is 6.42 Å². The lowest BCUT2D eigenvalue weighted by atomic mass is 10.1. The number of benzene rings is 1. The van der Waals surface area contributed by atoms with Crippen molar-refractivity contribution in [1.29, 1.82) is 0 Å². The lowest BCUT2D eigenvalue weighted by Gasteiger charge is -2.04. The van der Waals surface area contributed by atoms with E-state index in [-0.39, 0.29) is 5.56 Å². The van der Waals surface area contributed by atoms with Gasteiger partial charge in [0.15, 0.2) is 0 Å². The van der Waals surface area contributed by atoms with Crippen LogP contribution in [0.3, 0.4) is 0 Å². The summed E-state index contributed by atoms with van der Waals surface area (Å²) in [6.07, 6.45) is 1.54. The zero-order valence-corrected chi connectivity index (χ0v) is 9.82. The molecule has 0 amide bonds. The van der Waals surface area contributed by atoms with Gasteiger partial charge in [0.05, 0.1) is 12.6 Å². The fourth-order valence-corrected chi connectivity index (χ4v) is 1.83. The van der Waals surface area contributed by atoms with Gasteiger partial charge in [-0.15, -0.1) is 0 Å². The number of aryl methyl sites for hydroxylation is 1. The van der Waals surface area contributed by atoms with Gasteiger partial charge in [0.2, 0.25) is 0 Å². The van der Waals surface area contributed by atoms with Gasteiger partial charge in [0, 0.05) is 11.6 Å². The topological polar surface area (TPSA) is 68.1 Å². The maximum absolute atomic E-state index is 11.8. The average molecular weight is 232 g/mol. The molecular formula is C13H16N2O2. The molecule has 0 fully saturated rings. The Morgan fingerprint density at radius 2 is 2.18 bits per heavy atom. The highest BCUT2D eigenvalue weighted by Crippen LogP contribution is 2.18. The van der Waals surface area contributed by atoms with Gasteiger partial charge in [-0.25, -0.2) is 0 Å². The number of methoxy groups -OCH3 is 1. The molecule has 1 aromatic carbocycles. The molecule has 0 saturated heterocycles. The molecule has 4 heteroatoms. The van der Waals surface area contributed by atoms with Gasteiger partial charge in [-0.05, 0) is 43.0 Å². The normalized spacial score (nSPS) is 10.7. The van der Waals surface area contributed by atoms with Crippen molar-refractivity contribution in [2.24, 2.45) is 5.73 Å². The molecule has 0 unspecified atom stereocenters. The van der Waals surface area contributed by atoms with Crippen molar-refractivity contribution in [3.63, 3.8) is 0 Å². The largest absolute Gasteiger partial charge is 0.497 e. The van der Waals surface area contributed by atoms with E-state index < -0.39 is 0 Å². The molecular weight excluding hydrogens is 216 g/mol. The molecule has 3 N–H and O–H groups in total. The maximum Gasteiger partial charge on any atom is 0.251 e. The van der Waals surface area contributed by atoms with Gasteiger partial charge in [0.25, 0.3) is 5.56 Å². The van der Waals surface area contributed by atoms with Crippen molar-refractivity contribution >= 4 is 10.9 Å². The minimum atomic E-state index is -0.0424. The Bertz CT molecular complexity index is 575.